The van der Waals surface area contributed by atoms with Gasteiger partial charge in [-0.05, 0) is 37.3 Å². The van der Waals surface area contributed by atoms with Crippen LogP contribution in [0.3, 0.4) is 0 Å². The van der Waals surface area contributed by atoms with Gasteiger partial charge in [-0.25, -0.2) is 8.42 Å². The second-order valence-electron chi connectivity index (χ2n) is 6.02. The Hall–Kier alpha value is -2.74. The molecule has 1 aliphatic rings. The zero-order chi connectivity index (χ0) is 18.7. The van der Waals surface area contributed by atoms with Crippen molar-refractivity contribution in [3.05, 3.63) is 48.0 Å². The van der Waals surface area contributed by atoms with E-state index in [9.17, 15) is 13.2 Å². The minimum Gasteiger partial charge on any atom is -0.489 e. The maximum absolute atomic E-state index is 12.1. The van der Waals surface area contributed by atoms with Crippen molar-refractivity contribution in [2.24, 2.45) is 0 Å². The second kappa shape index (κ2) is 7.25. The first-order valence-corrected chi connectivity index (χ1v) is 9.91. The molecular weight excluding hydrogens is 356 g/mol. The first kappa shape index (κ1) is 18.1. The zero-order valence-corrected chi connectivity index (χ0v) is 15.4. The summed E-state index contributed by atoms with van der Waals surface area (Å²) in [7, 11) is -3.42. The van der Waals surface area contributed by atoms with E-state index in [-0.39, 0.29) is 25.7 Å². The molecule has 3 rings (SSSR count). The topological polar surface area (TPSA) is 84.9 Å². The number of amides is 1. The molecule has 0 bridgehead atoms. The number of aryl methyl sites for hydroxylation is 1. The van der Waals surface area contributed by atoms with Crippen LogP contribution in [0.1, 0.15) is 5.56 Å². The van der Waals surface area contributed by atoms with E-state index >= 15 is 0 Å². The first-order chi connectivity index (χ1) is 12.3. The molecular formula is C18H20N2O5S. The molecule has 2 aromatic rings. The Morgan fingerprint density at radius 2 is 1.96 bits per heavy atom. The van der Waals surface area contributed by atoms with Crippen LogP contribution in [0.25, 0.3) is 0 Å². The molecule has 1 N–H and O–H groups in total. The number of rotatable bonds is 5. The van der Waals surface area contributed by atoms with Crippen LogP contribution in [-0.2, 0) is 14.8 Å². The minimum atomic E-state index is -3.42. The molecule has 0 spiro atoms. The van der Waals surface area contributed by atoms with Crippen molar-refractivity contribution in [1.82, 2.24) is 0 Å². The number of sulfonamides is 1. The van der Waals surface area contributed by atoms with E-state index in [2.05, 4.69) is 5.32 Å². The second-order valence-corrected chi connectivity index (χ2v) is 7.92. The molecule has 138 valence electrons. The Bertz CT molecular complexity index is 910. The van der Waals surface area contributed by atoms with Crippen molar-refractivity contribution in [2.75, 3.05) is 35.6 Å². The van der Waals surface area contributed by atoms with Gasteiger partial charge in [-0.3, -0.25) is 9.10 Å². The molecule has 1 aliphatic heterocycles. The fraction of sp³-hybridized carbons (Fsp3) is 0.278. The SMILES string of the molecule is Cc1ccc(OCC(=O)Nc2ccc3c(c2)N(S(C)(=O)=O)CCO3)cc1. The Morgan fingerprint density at radius 3 is 2.65 bits per heavy atom. The van der Waals surface area contributed by atoms with Gasteiger partial charge in [-0.1, -0.05) is 17.7 Å². The number of nitrogens with one attached hydrogen (secondary N) is 1. The normalized spacial score (nSPS) is 13.5. The van der Waals surface area contributed by atoms with Crippen molar-refractivity contribution in [3.63, 3.8) is 0 Å². The number of anilines is 2. The molecule has 0 saturated heterocycles. The summed E-state index contributed by atoms with van der Waals surface area (Å²) in [6.07, 6.45) is 1.14. The van der Waals surface area contributed by atoms with Gasteiger partial charge in [0.15, 0.2) is 6.61 Å². The van der Waals surface area contributed by atoms with Crippen LogP contribution in [0, 0.1) is 6.92 Å². The van der Waals surface area contributed by atoms with E-state index in [0.29, 0.717) is 22.9 Å². The number of carbonyl (C=O) groups is 1. The highest BCUT2D eigenvalue weighted by Crippen LogP contribution is 2.35. The lowest BCUT2D eigenvalue weighted by Gasteiger charge is -2.29. The molecule has 2 aromatic carbocycles. The summed E-state index contributed by atoms with van der Waals surface area (Å²) in [6, 6.07) is 12.3. The molecule has 8 heteroatoms. The highest BCUT2D eigenvalue weighted by molar-refractivity contribution is 7.92. The first-order valence-electron chi connectivity index (χ1n) is 8.07. The highest BCUT2D eigenvalue weighted by Gasteiger charge is 2.25. The molecule has 0 radical (unpaired) electrons. The van der Waals surface area contributed by atoms with Crippen molar-refractivity contribution in [3.8, 4) is 11.5 Å². The van der Waals surface area contributed by atoms with Gasteiger partial charge in [0.25, 0.3) is 5.91 Å². The van der Waals surface area contributed by atoms with Gasteiger partial charge in [0.05, 0.1) is 18.5 Å². The van der Waals surface area contributed by atoms with Gasteiger partial charge < -0.3 is 14.8 Å². The molecule has 0 aromatic heterocycles. The van der Waals surface area contributed by atoms with E-state index in [1.165, 1.54) is 4.31 Å². The lowest BCUT2D eigenvalue weighted by atomic mass is 10.2. The Morgan fingerprint density at radius 1 is 1.23 bits per heavy atom. The molecule has 0 atom stereocenters. The van der Waals surface area contributed by atoms with E-state index in [1.807, 2.05) is 19.1 Å². The average molecular weight is 376 g/mol. The molecule has 0 fully saturated rings. The monoisotopic (exact) mass is 376 g/mol. The lowest BCUT2D eigenvalue weighted by Crippen LogP contribution is -2.37. The van der Waals surface area contributed by atoms with Gasteiger partial charge in [-0.2, -0.15) is 0 Å². The third-order valence-electron chi connectivity index (χ3n) is 3.85. The van der Waals surface area contributed by atoms with E-state index < -0.39 is 10.0 Å². The van der Waals surface area contributed by atoms with Crippen LogP contribution in [0.5, 0.6) is 11.5 Å². The Labute approximate surface area is 152 Å². The van der Waals surface area contributed by atoms with Crippen molar-refractivity contribution in [1.29, 1.82) is 0 Å². The van der Waals surface area contributed by atoms with Crippen molar-refractivity contribution in [2.45, 2.75) is 6.92 Å². The van der Waals surface area contributed by atoms with E-state index in [1.54, 1.807) is 30.3 Å². The maximum atomic E-state index is 12.1. The Balaban J connectivity index is 1.68. The largest absolute Gasteiger partial charge is 0.489 e. The number of hydrogen-bond acceptors (Lipinski definition) is 5. The van der Waals surface area contributed by atoms with Crippen LogP contribution < -0.4 is 19.1 Å². The molecule has 1 heterocycles. The maximum Gasteiger partial charge on any atom is 0.262 e. The number of ether oxygens (including phenoxy) is 2. The third kappa shape index (κ3) is 4.26. The summed E-state index contributed by atoms with van der Waals surface area (Å²) in [5.74, 6) is 0.733. The van der Waals surface area contributed by atoms with Gasteiger partial charge in [0.1, 0.15) is 18.1 Å². The van der Waals surface area contributed by atoms with Crippen LogP contribution in [0.2, 0.25) is 0 Å². The van der Waals surface area contributed by atoms with Gasteiger partial charge in [0.2, 0.25) is 10.0 Å². The smallest absolute Gasteiger partial charge is 0.262 e. The summed E-state index contributed by atoms with van der Waals surface area (Å²) in [5.41, 5.74) is 1.99. The van der Waals surface area contributed by atoms with Crippen molar-refractivity contribution < 1.29 is 22.7 Å². The van der Waals surface area contributed by atoms with Crippen LogP contribution >= 0.6 is 0 Å². The number of hydrogen-bond donors (Lipinski definition) is 1. The van der Waals surface area contributed by atoms with E-state index in [4.69, 9.17) is 9.47 Å². The summed E-state index contributed by atoms with van der Waals surface area (Å²) < 4.78 is 36.0. The third-order valence-corrected chi connectivity index (χ3v) is 5.03. The van der Waals surface area contributed by atoms with Crippen LogP contribution in [0.15, 0.2) is 42.5 Å². The highest BCUT2D eigenvalue weighted by atomic mass is 32.2. The number of fused-ring (bicyclic) bond motifs is 1. The number of carbonyl (C=O) groups excluding carboxylic acids is 1. The van der Waals surface area contributed by atoms with Crippen LogP contribution in [0.4, 0.5) is 11.4 Å². The quantitative estimate of drug-likeness (QED) is 0.864. The zero-order valence-electron chi connectivity index (χ0n) is 14.6. The summed E-state index contributed by atoms with van der Waals surface area (Å²) in [5, 5.41) is 2.70. The van der Waals surface area contributed by atoms with Gasteiger partial charge >= 0.3 is 0 Å². The minimum absolute atomic E-state index is 0.146. The molecule has 26 heavy (non-hydrogen) atoms. The standard InChI is InChI=1S/C18H20N2O5S/c1-13-3-6-15(7-4-13)25-12-18(21)19-14-5-8-17-16(11-14)20(9-10-24-17)26(2,22)23/h3-8,11H,9-10,12H2,1-2H3,(H,19,21). The Kier molecular flexibility index (Phi) is 5.03. The van der Waals surface area contributed by atoms with Gasteiger partial charge in [0, 0.05) is 5.69 Å². The average Bonchev–Trinajstić information content (AvgIpc) is 2.60. The van der Waals surface area contributed by atoms with Crippen molar-refractivity contribution >= 4 is 27.3 Å². The molecule has 7 nitrogen and oxygen atoms in total. The van der Waals surface area contributed by atoms with E-state index in [0.717, 1.165) is 11.8 Å². The summed E-state index contributed by atoms with van der Waals surface area (Å²) in [6.45, 7) is 2.35. The summed E-state index contributed by atoms with van der Waals surface area (Å²) >= 11 is 0. The number of benzene rings is 2. The predicted octanol–water partition coefficient (Wildman–Crippen LogP) is 2.17. The predicted molar refractivity (Wildman–Crippen MR) is 99.4 cm³/mol. The fourth-order valence-corrected chi connectivity index (χ4v) is 3.50. The fourth-order valence-electron chi connectivity index (χ4n) is 2.60. The van der Waals surface area contributed by atoms with Gasteiger partial charge in [-0.15, -0.1) is 0 Å². The summed E-state index contributed by atoms with van der Waals surface area (Å²) in [4.78, 5) is 12.1. The van der Waals surface area contributed by atoms with Crippen LogP contribution in [-0.4, -0.2) is 40.3 Å². The molecule has 0 unspecified atom stereocenters. The molecule has 0 aliphatic carbocycles. The molecule has 1 amide bonds. The number of nitrogens with zero attached hydrogens (tertiary/aromatic N) is 1. The molecule has 0 saturated carbocycles. The lowest BCUT2D eigenvalue weighted by molar-refractivity contribution is -0.118.